The summed E-state index contributed by atoms with van der Waals surface area (Å²) in [5, 5.41) is 15.1. The number of nitrogens with one attached hydrogen (secondary N) is 1. The van der Waals surface area contributed by atoms with Crippen LogP contribution >= 0.6 is 11.3 Å². The summed E-state index contributed by atoms with van der Waals surface area (Å²) in [4.78, 5) is 47.4. The van der Waals surface area contributed by atoms with Gasteiger partial charge in [-0.1, -0.05) is 13.3 Å². The minimum atomic E-state index is -1.29. The van der Waals surface area contributed by atoms with Gasteiger partial charge in [-0.2, -0.15) is 0 Å². The molecule has 1 aliphatic rings. The normalized spacial score (nSPS) is 13.9. The van der Waals surface area contributed by atoms with E-state index in [4.69, 9.17) is 0 Å². The Bertz CT molecular complexity index is 1200. The second-order valence-electron chi connectivity index (χ2n) is 7.63. The highest BCUT2D eigenvalue weighted by molar-refractivity contribution is 7.12. The number of carboxylic acids is 1. The van der Waals surface area contributed by atoms with Gasteiger partial charge in [-0.25, -0.2) is 14.8 Å². The SMILES string of the molecule is CCCCC(=O)NC1CN(c2cc(C)c3c(=O)c(C(=O)O)cn(-c4nccs4)c3n2)C1. The number of amides is 1. The van der Waals surface area contributed by atoms with Crippen molar-refractivity contribution in [2.75, 3.05) is 18.0 Å². The average molecular weight is 442 g/mol. The maximum atomic E-state index is 12.8. The van der Waals surface area contributed by atoms with E-state index in [1.54, 1.807) is 29.1 Å². The molecule has 0 aliphatic carbocycles. The first-order chi connectivity index (χ1) is 14.9. The third-order valence-corrected chi connectivity index (χ3v) is 6.10. The number of anilines is 1. The third kappa shape index (κ3) is 4.02. The minimum absolute atomic E-state index is 0.0629. The summed E-state index contributed by atoms with van der Waals surface area (Å²) in [6, 6.07) is 1.86. The number of carbonyl (C=O) groups is 2. The lowest BCUT2D eigenvalue weighted by Crippen LogP contribution is -2.59. The zero-order valence-electron chi connectivity index (χ0n) is 17.3. The Hall–Kier alpha value is -3.27. The predicted octanol–water partition coefficient (Wildman–Crippen LogP) is 2.34. The maximum absolute atomic E-state index is 12.8. The fourth-order valence-corrected chi connectivity index (χ4v) is 4.28. The van der Waals surface area contributed by atoms with Crippen LogP contribution in [0.4, 0.5) is 5.82 Å². The number of thiazole rings is 1. The molecule has 0 bridgehead atoms. The van der Waals surface area contributed by atoms with E-state index in [-0.39, 0.29) is 22.9 Å². The van der Waals surface area contributed by atoms with E-state index in [9.17, 15) is 19.5 Å². The number of rotatable bonds is 7. The Kier molecular flexibility index (Phi) is 5.73. The first-order valence-electron chi connectivity index (χ1n) is 10.1. The van der Waals surface area contributed by atoms with Crippen molar-refractivity contribution in [3.8, 4) is 5.13 Å². The van der Waals surface area contributed by atoms with E-state index in [0.29, 0.717) is 41.7 Å². The fraction of sp³-hybridized carbons (Fsp3) is 0.381. The molecule has 4 rings (SSSR count). The van der Waals surface area contributed by atoms with Crippen molar-refractivity contribution < 1.29 is 14.7 Å². The van der Waals surface area contributed by atoms with E-state index >= 15 is 0 Å². The number of hydrogen-bond donors (Lipinski definition) is 2. The van der Waals surface area contributed by atoms with Crippen LogP contribution in [0.5, 0.6) is 0 Å². The lowest BCUT2D eigenvalue weighted by Gasteiger charge is -2.40. The molecule has 162 valence electrons. The molecule has 2 N–H and O–H groups in total. The Morgan fingerprint density at radius 2 is 2.13 bits per heavy atom. The summed E-state index contributed by atoms with van der Waals surface area (Å²) in [5.74, 6) is -0.546. The first kappa shape index (κ1) is 21.0. The Labute approximate surface area is 182 Å². The summed E-state index contributed by atoms with van der Waals surface area (Å²) in [5.41, 5.74) is 0.139. The highest BCUT2D eigenvalue weighted by Crippen LogP contribution is 2.26. The molecule has 10 heteroatoms. The number of aromatic nitrogens is 3. The molecule has 0 radical (unpaired) electrons. The van der Waals surface area contributed by atoms with Crippen LogP contribution in [0, 0.1) is 6.92 Å². The van der Waals surface area contributed by atoms with Gasteiger partial charge in [0.15, 0.2) is 10.8 Å². The summed E-state index contributed by atoms with van der Waals surface area (Å²) >= 11 is 1.33. The van der Waals surface area contributed by atoms with E-state index in [2.05, 4.69) is 22.2 Å². The number of fused-ring (bicyclic) bond motifs is 1. The van der Waals surface area contributed by atoms with Gasteiger partial charge in [0.1, 0.15) is 11.4 Å². The van der Waals surface area contributed by atoms with Gasteiger partial charge in [0.25, 0.3) is 0 Å². The molecule has 1 amide bonds. The molecular weight excluding hydrogens is 418 g/mol. The van der Waals surface area contributed by atoms with Crippen molar-refractivity contribution in [2.24, 2.45) is 0 Å². The molecule has 31 heavy (non-hydrogen) atoms. The molecule has 1 aliphatic heterocycles. The van der Waals surface area contributed by atoms with Crippen molar-refractivity contribution in [1.82, 2.24) is 19.9 Å². The number of hydrogen-bond acceptors (Lipinski definition) is 7. The minimum Gasteiger partial charge on any atom is -0.477 e. The van der Waals surface area contributed by atoms with Crippen LogP contribution in [0.1, 0.15) is 42.1 Å². The highest BCUT2D eigenvalue weighted by Gasteiger charge is 2.30. The highest BCUT2D eigenvalue weighted by atomic mass is 32.1. The van der Waals surface area contributed by atoms with Crippen molar-refractivity contribution in [2.45, 2.75) is 39.2 Å². The second-order valence-corrected chi connectivity index (χ2v) is 8.50. The van der Waals surface area contributed by atoms with Crippen molar-refractivity contribution in [1.29, 1.82) is 0 Å². The standard InChI is InChI=1S/C21H23N5O4S/c1-3-4-5-16(27)23-13-9-25(10-13)15-8-12(2)17-18(28)14(20(29)30)11-26(19(17)24-15)21-22-6-7-31-21/h6-8,11,13H,3-5,9-10H2,1-2H3,(H,23,27)(H,29,30). The Morgan fingerprint density at radius 3 is 2.77 bits per heavy atom. The van der Waals surface area contributed by atoms with Crippen molar-refractivity contribution in [3.05, 3.63) is 45.2 Å². The number of pyridine rings is 2. The van der Waals surface area contributed by atoms with Crippen LogP contribution in [0.2, 0.25) is 0 Å². The van der Waals surface area contributed by atoms with E-state index in [0.717, 1.165) is 12.8 Å². The zero-order valence-corrected chi connectivity index (χ0v) is 18.1. The van der Waals surface area contributed by atoms with Gasteiger partial charge < -0.3 is 15.3 Å². The quantitative estimate of drug-likeness (QED) is 0.578. The molecule has 1 saturated heterocycles. The van der Waals surface area contributed by atoms with Crippen molar-refractivity contribution >= 4 is 40.1 Å². The molecule has 0 spiro atoms. The summed E-state index contributed by atoms with van der Waals surface area (Å²) in [7, 11) is 0. The second kappa shape index (κ2) is 8.46. The van der Waals surface area contributed by atoms with Crippen LogP contribution in [0.15, 0.2) is 28.6 Å². The maximum Gasteiger partial charge on any atom is 0.341 e. The molecule has 4 heterocycles. The van der Waals surface area contributed by atoms with Gasteiger partial charge in [-0.05, 0) is 25.0 Å². The summed E-state index contributed by atoms with van der Waals surface area (Å²) in [6.07, 6.45) is 5.29. The van der Waals surface area contributed by atoms with Gasteiger partial charge >= 0.3 is 5.97 Å². The Balaban J connectivity index is 1.68. The van der Waals surface area contributed by atoms with Gasteiger partial charge in [-0.15, -0.1) is 11.3 Å². The van der Waals surface area contributed by atoms with E-state index < -0.39 is 11.4 Å². The molecule has 3 aromatic rings. The molecule has 0 saturated carbocycles. The van der Waals surface area contributed by atoms with Gasteiger partial charge in [-0.3, -0.25) is 14.2 Å². The number of unbranched alkanes of at least 4 members (excludes halogenated alkanes) is 1. The lowest BCUT2D eigenvalue weighted by molar-refractivity contribution is -0.122. The number of carbonyl (C=O) groups excluding carboxylic acids is 1. The van der Waals surface area contributed by atoms with Gasteiger partial charge in [0.05, 0.1) is 11.4 Å². The third-order valence-electron chi connectivity index (χ3n) is 5.33. The fourth-order valence-electron chi connectivity index (χ4n) is 3.67. The first-order valence-corrected chi connectivity index (χ1v) is 11.0. The van der Waals surface area contributed by atoms with Crippen LogP contribution in [-0.2, 0) is 4.79 Å². The number of aryl methyl sites for hydroxylation is 1. The summed E-state index contributed by atoms with van der Waals surface area (Å²) < 4.78 is 1.56. The van der Waals surface area contributed by atoms with Crippen LogP contribution < -0.4 is 15.6 Å². The average Bonchev–Trinajstić information content (AvgIpc) is 3.22. The molecular formula is C21H23N5O4S. The van der Waals surface area contributed by atoms with Crippen molar-refractivity contribution in [3.63, 3.8) is 0 Å². The number of carboxylic acid groups (broad SMARTS) is 1. The Morgan fingerprint density at radius 1 is 1.35 bits per heavy atom. The molecule has 3 aromatic heterocycles. The molecule has 0 aromatic carbocycles. The lowest BCUT2D eigenvalue weighted by atomic mass is 10.1. The monoisotopic (exact) mass is 441 g/mol. The van der Waals surface area contributed by atoms with Crippen LogP contribution in [-0.4, -0.2) is 50.6 Å². The predicted molar refractivity (Wildman–Crippen MR) is 118 cm³/mol. The topological polar surface area (TPSA) is 117 Å². The van der Waals surface area contributed by atoms with E-state index in [1.807, 2.05) is 4.90 Å². The van der Waals surface area contributed by atoms with Gasteiger partial charge in [0.2, 0.25) is 11.3 Å². The van der Waals surface area contributed by atoms with E-state index in [1.165, 1.54) is 17.5 Å². The summed E-state index contributed by atoms with van der Waals surface area (Å²) in [6.45, 7) is 5.09. The molecule has 0 atom stereocenters. The molecule has 9 nitrogen and oxygen atoms in total. The number of aromatic carboxylic acids is 1. The molecule has 0 unspecified atom stereocenters. The largest absolute Gasteiger partial charge is 0.477 e. The van der Waals surface area contributed by atoms with Crippen LogP contribution in [0.3, 0.4) is 0 Å². The van der Waals surface area contributed by atoms with Gasteiger partial charge in [0, 0.05) is 37.3 Å². The van der Waals surface area contributed by atoms with Crippen LogP contribution in [0.25, 0.3) is 16.2 Å². The number of nitrogens with zero attached hydrogens (tertiary/aromatic N) is 4. The smallest absolute Gasteiger partial charge is 0.341 e. The molecule has 1 fully saturated rings. The zero-order chi connectivity index (χ0) is 22.1.